The molecule has 1 aromatic heterocycles. The molecule has 0 aliphatic rings. The van der Waals surface area contributed by atoms with Gasteiger partial charge < -0.3 is 0 Å². The highest BCUT2D eigenvalue weighted by atomic mass is 19.5. The third-order valence-corrected chi connectivity index (χ3v) is 9.25. The first-order chi connectivity index (χ1) is 29.5. The molecule has 0 N–H and O–H groups in total. The maximum atomic E-state index is 14.6. The summed E-state index contributed by atoms with van der Waals surface area (Å²) in [4.78, 5) is 2.46. The molecule has 0 aromatic carbocycles. The fourth-order valence-corrected chi connectivity index (χ4v) is 4.99. The lowest BCUT2D eigenvalue weighted by molar-refractivity contribution is -0.440. The Labute approximate surface area is 352 Å². The highest BCUT2D eigenvalue weighted by Crippen LogP contribution is 2.64. The van der Waals surface area contributed by atoms with Crippen LogP contribution in [0.4, 0.5) is 171 Å². The number of nitrogens with zero attached hydrogens (tertiary/aromatic N) is 1. The second-order valence-corrected chi connectivity index (χ2v) is 13.9. The summed E-state index contributed by atoms with van der Waals surface area (Å²) in [5, 5.41) is 0. The Kier molecular flexibility index (Phi) is 15.9. The smallest absolute Gasteiger partial charge is 0.254 e. The zero-order valence-corrected chi connectivity index (χ0v) is 31.0. The zero-order chi connectivity index (χ0) is 56.1. The SMILES string of the molecule is FC(F)(F)C(F)(F)C(F)(F)C(F)(F)C(F)(F)C(F)(F)CCc1[c]ncc(CCC(F)(F)C(F)(F)C(F)(F)C(F)(F)C(F)(F)C(F)(F)F)c1CCC(F)(F)C(F)(F)C(F)(F)C(F)(F)C(F)(F)C(F)(F)F. The first-order valence-corrected chi connectivity index (χ1v) is 16.3. The quantitative estimate of drug-likeness (QED) is 0.112. The number of hydrogen-bond acceptors (Lipinski definition) is 1. The molecule has 0 bridgehead atoms. The number of aromatic nitrogens is 1. The average molecular weight is 1120 g/mol. The molecule has 0 spiro atoms. The molecule has 0 aliphatic heterocycles. The minimum absolute atomic E-state index is 0.624. The van der Waals surface area contributed by atoms with Crippen molar-refractivity contribution in [3.8, 4) is 0 Å². The Balaban J connectivity index is 4.11. The van der Waals surface area contributed by atoms with Crippen molar-refractivity contribution in [2.45, 2.75) is 146 Å². The van der Waals surface area contributed by atoms with Gasteiger partial charge in [-0.2, -0.15) is 171 Å². The van der Waals surface area contributed by atoms with E-state index in [4.69, 9.17) is 0 Å². The molecule has 0 amide bonds. The summed E-state index contributed by atoms with van der Waals surface area (Å²) in [5.41, 5.74) is -6.96. The number of rotatable bonds is 21. The molecule has 0 saturated carbocycles. The summed E-state index contributed by atoms with van der Waals surface area (Å²) in [7, 11) is 0. The lowest BCUT2D eigenvalue weighted by Crippen LogP contribution is -2.70. The Morgan fingerprint density at radius 1 is 0.275 bits per heavy atom. The van der Waals surface area contributed by atoms with Crippen LogP contribution in [-0.2, 0) is 19.3 Å². The molecule has 0 fully saturated rings. The largest absolute Gasteiger partial charge is 0.460 e. The number of alkyl halides is 39. The van der Waals surface area contributed by atoms with Gasteiger partial charge in [0.1, 0.15) is 0 Å². The first kappa shape index (κ1) is 63.4. The normalized spacial score (nSPS) is 16.4. The van der Waals surface area contributed by atoms with E-state index in [1.165, 1.54) is 0 Å². The third-order valence-electron chi connectivity index (χ3n) is 9.25. The first-order valence-electron chi connectivity index (χ1n) is 16.3. The van der Waals surface area contributed by atoms with Crippen molar-refractivity contribution in [1.29, 1.82) is 0 Å². The van der Waals surface area contributed by atoms with Gasteiger partial charge in [-0.05, 0) is 36.0 Å². The van der Waals surface area contributed by atoms with Crippen molar-refractivity contribution in [2.75, 3.05) is 0 Å². The molecule has 1 nitrogen and oxygen atoms in total. The summed E-state index contributed by atoms with van der Waals surface area (Å²) in [6.45, 7) is 0. The van der Waals surface area contributed by atoms with E-state index in [1.54, 1.807) is 0 Å². The maximum absolute atomic E-state index is 14.6. The van der Waals surface area contributed by atoms with Gasteiger partial charge in [-0.3, -0.25) is 4.98 Å². The molecule has 40 heteroatoms. The van der Waals surface area contributed by atoms with Gasteiger partial charge in [-0.15, -0.1) is 0 Å². The van der Waals surface area contributed by atoms with Gasteiger partial charge in [0, 0.05) is 25.5 Å². The van der Waals surface area contributed by atoms with Crippen molar-refractivity contribution >= 4 is 0 Å². The molecule has 0 atom stereocenters. The second-order valence-electron chi connectivity index (χ2n) is 13.9. The zero-order valence-electron chi connectivity index (χ0n) is 31.0. The fourth-order valence-electron chi connectivity index (χ4n) is 4.99. The van der Waals surface area contributed by atoms with Crippen LogP contribution in [0.15, 0.2) is 6.20 Å². The van der Waals surface area contributed by atoms with Gasteiger partial charge in [0.15, 0.2) is 0 Å². The van der Waals surface area contributed by atoms with Crippen LogP contribution in [0.1, 0.15) is 36.0 Å². The van der Waals surface area contributed by atoms with Crippen LogP contribution < -0.4 is 0 Å². The van der Waals surface area contributed by atoms with Crippen LogP contribution in [-0.4, -0.2) is 112 Å². The fraction of sp³-hybridized carbons (Fsp3) is 0.828. The van der Waals surface area contributed by atoms with Crippen LogP contribution in [0, 0.1) is 6.20 Å². The summed E-state index contributed by atoms with van der Waals surface area (Å²) < 4.78 is 529. The summed E-state index contributed by atoms with van der Waals surface area (Å²) >= 11 is 0. The van der Waals surface area contributed by atoms with Crippen molar-refractivity contribution < 1.29 is 171 Å². The number of hydrogen-bond donors (Lipinski definition) is 0. The predicted octanol–water partition coefficient (Wildman–Crippen LogP) is 14.9. The van der Waals surface area contributed by atoms with Crippen LogP contribution in [0.3, 0.4) is 0 Å². The van der Waals surface area contributed by atoms with E-state index in [1.807, 2.05) is 0 Å². The van der Waals surface area contributed by atoms with E-state index >= 15 is 0 Å². The Hall–Kier alpha value is -3.58. The van der Waals surface area contributed by atoms with Crippen LogP contribution in [0.25, 0.3) is 0 Å². The molecule has 1 rings (SSSR count). The Bertz CT molecular complexity index is 1850. The summed E-state index contributed by atoms with van der Waals surface area (Å²) in [6.07, 6.45) is -43.8. The molecule has 0 aliphatic carbocycles. The van der Waals surface area contributed by atoms with Crippen LogP contribution >= 0.6 is 0 Å². The maximum Gasteiger partial charge on any atom is 0.460 e. The molecular formula is C29H13F39N. The molecule has 407 valence electrons. The molecule has 1 radical (unpaired) electrons. The molecule has 69 heavy (non-hydrogen) atoms. The van der Waals surface area contributed by atoms with Crippen molar-refractivity contribution in [3.05, 3.63) is 29.1 Å². The van der Waals surface area contributed by atoms with Gasteiger partial charge in [0.05, 0.1) is 6.20 Å². The highest BCUT2D eigenvalue weighted by molar-refractivity contribution is 5.33. The lowest BCUT2D eigenvalue weighted by Gasteiger charge is -2.40. The van der Waals surface area contributed by atoms with Crippen molar-refractivity contribution in [1.82, 2.24) is 4.98 Å². The number of halogens is 39. The van der Waals surface area contributed by atoms with Gasteiger partial charge in [0.2, 0.25) is 0 Å². The monoisotopic (exact) mass is 1120 g/mol. The number of aryl methyl sites for hydroxylation is 2. The lowest BCUT2D eigenvalue weighted by atomic mass is 9.86. The minimum atomic E-state index is -8.73. The minimum Gasteiger partial charge on any atom is -0.254 e. The standard InChI is InChI=1S/C29H13F39N/c30-12(31,15(36,37)18(42,43)21(48,49)24(54,55)27(60,61)62)4-1-9-7-69-8-10(2-5-13(32,33)16(38,39)19(44,45)22(50,51)25(56,57)28(63,64)65)11(9)3-6-14(34,35)17(40,41)20(46,47)23(52,53)26(58,59)29(66,67)68/h7H,1-6H2. The van der Waals surface area contributed by atoms with Gasteiger partial charge in [0.25, 0.3) is 0 Å². The van der Waals surface area contributed by atoms with Gasteiger partial charge >= 0.3 is 107 Å². The Morgan fingerprint density at radius 3 is 0.739 bits per heavy atom. The van der Waals surface area contributed by atoms with Gasteiger partial charge in [-0.25, -0.2) is 0 Å². The highest BCUT2D eigenvalue weighted by Gasteiger charge is 2.93. The van der Waals surface area contributed by atoms with Gasteiger partial charge in [-0.1, -0.05) is 0 Å². The third kappa shape index (κ3) is 9.40. The van der Waals surface area contributed by atoms with E-state index in [-0.39, 0.29) is 0 Å². The summed E-state index contributed by atoms with van der Waals surface area (Å²) in [6, 6.07) is 0. The van der Waals surface area contributed by atoms with E-state index < -0.39 is 169 Å². The second kappa shape index (κ2) is 17.3. The van der Waals surface area contributed by atoms with E-state index in [2.05, 4.69) is 4.98 Å². The molecule has 0 unspecified atom stereocenters. The Morgan fingerprint density at radius 2 is 0.493 bits per heavy atom. The average Bonchev–Trinajstić information content (AvgIpc) is 3.13. The molecule has 0 saturated heterocycles. The van der Waals surface area contributed by atoms with E-state index in [0.717, 1.165) is 6.20 Å². The summed E-state index contributed by atoms with van der Waals surface area (Å²) in [5.74, 6) is -125. The number of pyridine rings is 1. The molecular weight excluding hydrogens is 1100 g/mol. The van der Waals surface area contributed by atoms with E-state index in [0.29, 0.717) is 0 Å². The van der Waals surface area contributed by atoms with Crippen molar-refractivity contribution in [3.63, 3.8) is 0 Å². The van der Waals surface area contributed by atoms with E-state index in [9.17, 15) is 171 Å². The van der Waals surface area contributed by atoms with Crippen LogP contribution in [0.5, 0.6) is 0 Å². The van der Waals surface area contributed by atoms with Crippen LogP contribution in [0.2, 0.25) is 0 Å². The molecule has 1 heterocycles. The molecule has 1 aromatic rings. The van der Waals surface area contributed by atoms with Crippen molar-refractivity contribution in [2.24, 2.45) is 0 Å². The predicted molar refractivity (Wildman–Crippen MR) is 140 cm³/mol. The topological polar surface area (TPSA) is 12.9 Å².